The molecule has 0 atom stereocenters. The van der Waals surface area contributed by atoms with Crippen LogP contribution in [0.2, 0.25) is 5.15 Å². The predicted octanol–water partition coefficient (Wildman–Crippen LogP) is 5.87. The summed E-state index contributed by atoms with van der Waals surface area (Å²) in [6.45, 7) is 0. The van der Waals surface area contributed by atoms with Crippen LogP contribution in [0.4, 0.5) is 0 Å². The summed E-state index contributed by atoms with van der Waals surface area (Å²) in [7, 11) is 0. The molecule has 2 nitrogen and oxygen atoms in total. The zero-order valence-corrected chi connectivity index (χ0v) is 15.8. The summed E-state index contributed by atoms with van der Waals surface area (Å²) in [6, 6.07) is 2.02. The van der Waals surface area contributed by atoms with Gasteiger partial charge in [-0.25, -0.2) is 9.97 Å². The van der Waals surface area contributed by atoms with Crippen molar-refractivity contribution < 1.29 is 0 Å². The Labute approximate surface area is 144 Å². The maximum absolute atomic E-state index is 6.21. The van der Waals surface area contributed by atoms with Crippen molar-refractivity contribution in [2.75, 3.05) is 0 Å². The zero-order valence-electron chi connectivity index (χ0n) is 8.88. The SMILES string of the molecule is Clc1nc(-c2cc(Br)c(Br)s2)nc(C2CC2)c1I. The summed E-state index contributed by atoms with van der Waals surface area (Å²) in [5, 5.41) is 0.558. The first kappa shape index (κ1) is 13.7. The van der Waals surface area contributed by atoms with Crippen molar-refractivity contribution in [3.8, 4) is 10.7 Å². The lowest BCUT2D eigenvalue weighted by molar-refractivity contribution is 0.980. The van der Waals surface area contributed by atoms with E-state index in [1.54, 1.807) is 11.3 Å². The summed E-state index contributed by atoms with van der Waals surface area (Å²) in [4.78, 5) is 10.1. The van der Waals surface area contributed by atoms with Crippen LogP contribution in [0.1, 0.15) is 24.5 Å². The van der Waals surface area contributed by atoms with Gasteiger partial charge in [-0.15, -0.1) is 11.3 Å². The Bertz CT molecular complexity index is 608. The third-order valence-electron chi connectivity index (χ3n) is 2.67. The molecule has 0 aromatic carbocycles. The maximum Gasteiger partial charge on any atom is 0.171 e. The third-order valence-corrected chi connectivity index (χ3v) is 7.57. The van der Waals surface area contributed by atoms with E-state index < -0.39 is 0 Å². The van der Waals surface area contributed by atoms with Crippen molar-refractivity contribution in [2.45, 2.75) is 18.8 Å². The lowest BCUT2D eigenvalue weighted by Gasteiger charge is -2.05. The maximum atomic E-state index is 6.21. The van der Waals surface area contributed by atoms with Crippen molar-refractivity contribution in [3.05, 3.63) is 28.7 Å². The van der Waals surface area contributed by atoms with E-state index >= 15 is 0 Å². The minimum Gasteiger partial charge on any atom is -0.231 e. The molecule has 3 rings (SSSR count). The minimum absolute atomic E-state index is 0.558. The van der Waals surface area contributed by atoms with E-state index in [9.17, 15) is 0 Å². The minimum atomic E-state index is 0.558. The van der Waals surface area contributed by atoms with E-state index in [1.165, 1.54) is 12.8 Å². The molecule has 0 saturated heterocycles. The molecule has 0 N–H and O–H groups in total. The molecule has 1 fully saturated rings. The van der Waals surface area contributed by atoms with E-state index in [0.29, 0.717) is 11.1 Å². The molecule has 0 bridgehead atoms. The molecule has 1 aliphatic carbocycles. The quantitative estimate of drug-likeness (QED) is 0.366. The largest absolute Gasteiger partial charge is 0.231 e. The number of aromatic nitrogens is 2. The number of nitrogens with zero attached hydrogens (tertiary/aromatic N) is 2. The summed E-state index contributed by atoms with van der Waals surface area (Å²) >= 11 is 17.0. The Morgan fingerprint density at radius 3 is 2.61 bits per heavy atom. The molecule has 7 heteroatoms. The van der Waals surface area contributed by atoms with Gasteiger partial charge >= 0.3 is 0 Å². The fourth-order valence-corrected chi connectivity index (χ4v) is 4.46. The van der Waals surface area contributed by atoms with Gasteiger partial charge in [0.1, 0.15) is 5.15 Å². The van der Waals surface area contributed by atoms with Crippen LogP contribution in [0, 0.1) is 3.57 Å². The summed E-state index contributed by atoms with van der Waals surface area (Å²) < 4.78 is 3.06. The van der Waals surface area contributed by atoms with Crippen molar-refractivity contribution >= 4 is 77.4 Å². The van der Waals surface area contributed by atoms with Crippen molar-refractivity contribution in [3.63, 3.8) is 0 Å². The number of hydrogen-bond acceptors (Lipinski definition) is 3. The Balaban J connectivity index is 2.12. The predicted molar refractivity (Wildman–Crippen MR) is 90.4 cm³/mol. The van der Waals surface area contributed by atoms with Crippen molar-refractivity contribution in [1.29, 1.82) is 0 Å². The molecule has 2 heterocycles. The van der Waals surface area contributed by atoms with Gasteiger partial charge in [0.2, 0.25) is 0 Å². The highest BCUT2D eigenvalue weighted by atomic mass is 127. The lowest BCUT2D eigenvalue weighted by atomic mass is 10.3. The monoisotopic (exact) mass is 518 g/mol. The van der Waals surface area contributed by atoms with Crippen LogP contribution in [0.15, 0.2) is 14.3 Å². The highest BCUT2D eigenvalue weighted by Gasteiger charge is 2.29. The molecule has 0 unspecified atom stereocenters. The fraction of sp³-hybridized carbons (Fsp3) is 0.273. The summed E-state index contributed by atoms with van der Waals surface area (Å²) in [6.07, 6.45) is 2.42. The molecular weight excluding hydrogens is 514 g/mol. The fourth-order valence-electron chi connectivity index (χ4n) is 1.63. The summed E-state index contributed by atoms with van der Waals surface area (Å²) in [5.74, 6) is 1.29. The molecule has 18 heavy (non-hydrogen) atoms. The first-order chi connectivity index (χ1) is 8.56. The molecule has 94 valence electrons. The van der Waals surface area contributed by atoms with E-state index in [4.69, 9.17) is 11.6 Å². The average molecular weight is 520 g/mol. The molecular formula is C11H6Br2ClIN2S. The van der Waals surface area contributed by atoms with Gasteiger partial charge in [-0.2, -0.15) is 0 Å². The average Bonchev–Trinajstić information content (AvgIpc) is 3.10. The number of hydrogen-bond donors (Lipinski definition) is 0. The van der Waals surface area contributed by atoms with Gasteiger partial charge in [-0.05, 0) is 73.4 Å². The molecule has 1 aliphatic rings. The summed E-state index contributed by atoms with van der Waals surface area (Å²) in [5.41, 5.74) is 1.10. The Morgan fingerprint density at radius 2 is 2.06 bits per heavy atom. The van der Waals surface area contributed by atoms with Gasteiger partial charge in [0.25, 0.3) is 0 Å². The second kappa shape index (κ2) is 5.27. The van der Waals surface area contributed by atoms with Gasteiger partial charge in [-0.1, -0.05) is 11.6 Å². The second-order valence-corrected chi connectivity index (χ2v) is 8.71. The van der Waals surface area contributed by atoms with Crippen LogP contribution in [0.5, 0.6) is 0 Å². The standard InChI is InChI=1S/C11H6Br2ClIN2S/c12-5-3-6(18-9(5)13)11-16-8(4-1-2-4)7(15)10(14)17-11/h3-4H,1-2H2. The smallest absolute Gasteiger partial charge is 0.171 e. The van der Waals surface area contributed by atoms with Gasteiger partial charge < -0.3 is 0 Å². The van der Waals surface area contributed by atoms with Crippen LogP contribution in [-0.4, -0.2) is 9.97 Å². The van der Waals surface area contributed by atoms with Crippen LogP contribution in [-0.2, 0) is 0 Å². The number of rotatable bonds is 2. The molecule has 0 amide bonds. The van der Waals surface area contributed by atoms with Crippen LogP contribution >= 0.6 is 77.4 Å². The van der Waals surface area contributed by atoms with Gasteiger partial charge in [0.15, 0.2) is 5.82 Å². The van der Waals surface area contributed by atoms with E-state index in [2.05, 4.69) is 64.4 Å². The number of halogens is 4. The van der Waals surface area contributed by atoms with Gasteiger partial charge in [0.05, 0.1) is 17.9 Å². The first-order valence-electron chi connectivity index (χ1n) is 5.24. The van der Waals surface area contributed by atoms with Crippen molar-refractivity contribution in [2.24, 2.45) is 0 Å². The Hall–Kier alpha value is 0.760. The van der Waals surface area contributed by atoms with Crippen LogP contribution < -0.4 is 0 Å². The van der Waals surface area contributed by atoms with E-state index in [-0.39, 0.29) is 0 Å². The Kier molecular flexibility index (Phi) is 4.02. The molecule has 1 saturated carbocycles. The normalized spacial score (nSPS) is 15.1. The molecule has 0 spiro atoms. The van der Waals surface area contributed by atoms with Crippen molar-refractivity contribution in [1.82, 2.24) is 9.97 Å². The van der Waals surface area contributed by atoms with Gasteiger partial charge in [-0.3, -0.25) is 0 Å². The first-order valence-corrected chi connectivity index (χ1v) is 9.10. The van der Waals surface area contributed by atoms with E-state index in [0.717, 1.165) is 28.2 Å². The highest BCUT2D eigenvalue weighted by Crippen LogP contribution is 2.44. The van der Waals surface area contributed by atoms with Crippen LogP contribution in [0.25, 0.3) is 10.7 Å². The lowest BCUT2D eigenvalue weighted by Crippen LogP contribution is -1.98. The second-order valence-electron chi connectivity index (χ2n) is 4.04. The topological polar surface area (TPSA) is 25.8 Å². The third kappa shape index (κ3) is 2.63. The molecule has 0 radical (unpaired) electrons. The zero-order chi connectivity index (χ0) is 12.9. The van der Waals surface area contributed by atoms with Gasteiger partial charge in [0, 0.05) is 10.4 Å². The highest BCUT2D eigenvalue weighted by molar-refractivity contribution is 14.1. The van der Waals surface area contributed by atoms with Crippen LogP contribution in [0.3, 0.4) is 0 Å². The molecule has 0 aliphatic heterocycles. The number of thiophene rings is 1. The Morgan fingerprint density at radius 1 is 1.33 bits per heavy atom. The van der Waals surface area contributed by atoms with E-state index in [1.807, 2.05) is 6.07 Å². The molecule has 2 aromatic rings. The molecule has 2 aromatic heterocycles.